The van der Waals surface area contributed by atoms with Gasteiger partial charge in [-0.15, -0.1) is 0 Å². The van der Waals surface area contributed by atoms with Crippen LogP contribution in [0.5, 0.6) is 0 Å². The molecule has 0 atom stereocenters. The molecule has 0 fully saturated rings. The Balaban J connectivity index is 3.41. The van der Waals surface area contributed by atoms with Crippen LogP contribution in [0.25, 0.3) is 0 Å². The number of benzene rings is 1. The summed E-state index contributed by atoms with van der Waals surface area (Å²) in [5, 5.41) is 0. The van der Waals surface area contributed by atoms with Gasteiger partial charge in [0.25, 0.3) is 0 Å². The van der Waals surface area contributed by atoms with Crippen molar-refractivity contribution in [2.75, 3.05) is 0 Å². The van der Waals surface area contributed by atoms with Gasteiger partial charge in [-0.3, -0.25) is 0 Å². The van der Waals surface area contributed by atoms with E-state index in [4.69, 9.17) is 0 Å². The molecule has 1 rings (SSSR count). The van der Waals surface area contributed by atoms with Crippen LogP contribution in [0.15, 0.2) is 23.1 Å². The van der Waals surface area contributed by atoms with Crippen molar-refractivity contribution in [2.45, 2.75) is 44.3 Å². The molecule has 0 aromatic heterocycles. The molecule has 0 bridgehead atoms. The first-order chi connectivity index (χ1) is 6.64. The highest BCUT2D eigenvalue weighted by Crippen LogP contribution is 2.26. The van der Waals surface area contributed by atoms with Gasteiger partial charge in [0.2, 0.25) is 0 Å². The number of rotatable bonds is 1. The first kappa shape index (κ1) is 12.2. The van der Waals surface area contributed by atoms with Crippen LogP contribution in [-0.2, 0) is 9.84 Å². The Morgan fingerprint density at radius 1 is 0.933 bits per heavy atom. The third-order valence-corrected chi connectivity index (χ3v) is 4.78. The van der Waals surface area contributed by atoms with Crippen LogP contribution < -0.4 is 0 Å². The summed E-state index contributed by atoms with van der Waals surface area (Å²) >= 11 is 0. The molecular weight excluding hydrogens is 208 g/mol. The molecule has 0 aliphatic heterocycles. The second kappa shape index (κ2) is 3.63. The molecule has 0 saturated heterocycles. The highest BCUT2D eigenvalue weighted by molar-refractivity contribution is 7.92. The minimum Gasteiger partial charge on any atom is -0.223 e. The lowest BCUT2D eigenvalue weighted by Gasteiger charge is -2.19. The van der Waals surface area contributed by atoms with E-state index in [0.29, 0.717) is 4.90 Å². The third-order valence-electron chi connectivity index (χ3n) is 2.31. The van der Waals surface area contributed by atoms with Crippen molar-refractivity contribution in [3.05, 3.63) is 29.3 Å². The molecule has 0 heterocycles. The van der Waals surface area contributed by atoms with Gasteiger partial charge in [0.15, 0.2) is 9.84 Å². The summed E-state index contributed by atoms with van der Waals surface area (Å²) in [6, 6.07) is 5.43. The van der Waals surface area contributed by atoms with E-state index in [-0.39, 0.29) is 0 Å². The van der Waals surface area contributed by atoms with Crippen LogP contribution >= 0.6 is 0 Å². The molecule has 0 unspecified atom stereocenters. The van der Waals surface area contributed by atoms with Crippen molar-refractivity contribution in [2.24, 2.45) is 0 Å². The van der Waals surface area contributed by atoms with Crippen molar-refractivity contribution in [1.82, 2.24) is 0 Å². The van der Waals surface area contributed by atoms with E-state index in [9.17, 15) is 8.42 Å². The predicted molar refractivity (Wildman–Crippen MR) is 62.9 cm³/mol. The van der Waals surface area contributed by atoms with Crippen molar-refractivity contribution >= 4 is 9.84 Å². The van der Waals surface area contributed by atoms with Crippen LogP contribution in [0.1, 0.15) is 31.9 Å². The van der Waals surface area contributed by atoms with Crippen molar-refractivity contribution < 1.29 is 8.42 Å². The van der Waals surface area contributed by atoms with Crippen molar-refractivity contribution in [1.29, 1.82) is 0 Å². The fourth-order valence-corrected chi connectivity index (χ4v) is 2.83. The fourth-order valence-electron chi connectivity index (χ4n) is 1.44. The maximum atomic E-state index is 12.2. The molecule has 0 aliphatic rings. The first-order valence-electron chi connectivity index (χ1n) is 4.97. The van der Waals surface area contributed by atoms with Gasteiger partial charge < -0.3 is 0 Å². The Morgan fingerprint density at radius 2 is 1.33 bits per heavy atom. The smallest absolute Gasteiger partial charge is 0.183 e. The number of sulfone groups is 1. The maximum absolute atomic E-state index is 12.2. The number of hydrogen-bond acceptors (Lipinski definition) is 2. The zero-order chi connectivity index (χ0) is 11.9. The SMILES string of the molecule is Cc1cc(C)cc(S(=O)(=O)C(C)(C)C)c1. The number of hydrogen-bond donors (Lipinski definition) is 0. The summed E-state index contributed by atoms with van der Waals surface area (Å²) in [4.78, 5) is 0.424. The Bertz CT molecular complexity index is 445. The lowest BCUT2D eigenvalue weighted by Crippen LogP contribution is -2.28. The van der Waals surface area contributed by atoms with Crippen LogP contribution in [0.2, 0.25) is 0 Å². The molecular formula is C12H18O2S. The Hall–Kier alpha value is -0.830. The molecule has 0 amide bonds. The van der Waals surface area contributed by atoms with E-state index in [0.717, 1.165) is 11.1 Å². The lowest BCUT2D eigenvalue weighted by molar-refractivity contribution is 0.560. The minimum absolute atomic E-state index is 0.424. The Morgan fingerprint density at radius 3 is 1.67 bits per heavy atom. The van der Waals surface area contributed by atoms with E-state index in [2.05, 4.69) is 0 Å². The molecule has 0 saturated carbocycles. The zero-order valence-electron chi connectivity index (χ0n) is 9.96. The largest absolute Gasteiger partial charge is 0.223 e. The van der Waals surface area contributed by atoms with E-state index in [1.54, 1.807) is 32.9 Å². The molecule has 15 heavy (non-hydrogen) atoms. The molecule has 0 N–H and O–H groups in total. The van der Waals surface area contributed by atoms with Gasteiger partial charge in [-0.2, -0.15) is 0 Å². The summed E-state index contributed by atoms with van der Waals surface area (Å²) in [5.41, 5.74) is 1.97. The number of aryl methyl sites for hydroxylation is 2. The second-order valence-corrected chi connectivity index (χ2v) is 7.64. The summed E-state index contributed by atoms with van der Waals surface area (Å²) < 4.78 is 23.6. The van der Waals surface area contributed by atoms with Gasteiger partial charge in [-0.05, 0) is 57.9 Å². The molecule has 0 radical (unpaired) electrons. The summed E-state index contributed by atoms with van der Waals surface area (Å²) in [5.74, 6) is 0. The van der Waals surface area contributed by atoms with Gasteiger partial charge in [-0.25, -0.2) is 8.42 Å². The third kappa shape index (κ3) is 2.40. The quantitative estimate of drug-likeness (QED) is 0.738. The van der Waals surface area contributed by atoms with Gasteiger partial charge in [0, 0.05) is 0 Å². The standard InChI is InChI=1S/C12H18O2S/c1-9-6-10(2)8-11(7-9)15(13,14)12(3,4)5/h6-8H,1-5H3. The van der Waals surface area contributed by atoms with Crippen LogP contribution in [-0.4, -0.2) is 13.2 Å². The van der Waals surface area contributed by atoms with Gasteiger partial charge in [0.05, 0.1) is 9.64 Å². The zero-order valence-corrected chi connectivity index (χ0v) is 10.8. The fraction of sp³-hybridized carbons (Fsp3) is 0.500. The lowest BCUT2D eigenvalue weighted by atomic mass is 10.2. The van der Waals surface area contributed by atoms with Crippen LogP contribution in [0, 0.1) is 13.8 Å². The second-order valence-electron chi connectivity index (χ2n) is 4.94. The van der Waals surface area contributed by atoms with Gasteiger partial charge >= 0.3 is 0 Å². The summed E-state index contributed by atoms with van der Waals surface area (Å²) in [6.07, 6.45) is 0. The highest BCUT2D eigenvalue weighted by Gasteiger charge is 2.30. The van der Waals surface area contributed by atoms with Crippen LogP contribution in [0.3, 0.4) is 0 Å². The van der Waals surface area contributed by atoms with Gasteiger partial charge in [0.1, 0.15) is 0 Å². The molecule has 3 heteroatoms. The monoisotopic (exact) mass is 226 g/mol. The summed E-state index contributed by atoms with van der Waals surface area (Å²) in [7, 11) is -3.22. The molecule has 84 valence electrons. The maximum Gasteiger partial charge on any atom is 0.183 e. The van der Waals surface area contributed by atoms with E-state index >= 15 is 0 Å². The predicted octanol–water partition coefficient (Wildman–Crippen LogP) is 2.88. The normalized spacial score (nSPS) is 12.9. The van der Waals surface area contributed by atoms with Crippen molar-refractivity contribution in [3.63, 3.8) is 0 Å². The molecule has 0 aliphatic carbocycles. The minimum atomic E-state index is -3.22. The average Bonchev–Trinajstić information content (AvgIpc) is 1.99. The van der Waals surface area contributed by atoms with E-state index < -0.39 is 14.6 Å². The highest BCUT2D eigenvalue weighted by atomic mass is 32.2. The van der Waals surface area contributed by atoms with Crippen molar-refractivity contribution in [3.8, 4) is 0 Å². The molecule has 1 aromatic carbocycles. The first-order valence-corrected chi connectivity index (χ1v) is 6.46. The Labute approximate surface area is 92.2 Å². The molecule has 2 nitrogen and oxygen atoms in total. The molecule has 0 spiro atoms. The average molecular weight is 226 g/mol. The van der Waals surface area contributed by atoms with Crippen LogP contribution in [0.4, 0.5) is 0 Å². The topological polar surface area (TPSA) is 34.1 Å². The van der Waals surface area contributed by atoms with Gasteiger partial charge in [-0.1, -0.05) is 6.07 Å². The summed E-state index contributed by atoms with van der Waals surface area (Å²) in [6.45, 7) is 8.99. The molecule has 1 aromatic rings. The Kier molecular flexibility index (Phi) is 2.97. The van der Waals surface area contributed by atoms with E-state index in [1.807, 2.05) is 19.9 Å². The van der Waals surface area contributed by atoms with E-state index in [1.165, 1.54) is 0 Å².